The standard InChI is InChI=1S/C15H16Cl2FN3O/c1-9(8-21-4-3-19-10(21)2)7-20-15(22)11-5-14(18)13(17)6-12(11)16/h3-6,9H,7-8H2,1-2H3,(H,20,22). The number of aromatic nitrogens is 2. The minimum absolute atomic E-state index is 0.0783. The van der Waals surface area contributed by atoms with Crippen LogP contribution in [0.15, 0.2) is 24.5 Å². The number of rotatable bonds is 5. The summed E-state index contributed by atoms with van der Waals surface area (Å²) < 4.78 is 15.4. The molecule has 118 valence electrons. The Hall–Kier alpha value is -1.59. The van der Waals surface area contributed by atoms with Gasteiger partial charge in [-0.25, -0.2) is 9.37 Å². The highest BCUT2D eigenvalue weighted by molar-refractivity contribution is 6.36. The highest BCUT2D eigenvalue weighted by atomic mass is 35.5. The molecule has 0 radical (unpaired) electrons. The fourth-order valence-electron chi connectivity index (χ4n) is 2.06. The Bertz CT molecular complexity index is 687. The van der Waals surface area contributed by atoms with Crippen molar-refractivity contribution >= 4 is 29.1 Å². The Balaban J connectivity index is 1.95. The average Bonchev–Trinajstić information content (AvgIpc) is 2.85. The van der Waals surface area contributed by atoms with Gasteiger partial charge in [-0.15, -0.1) is 0 Å². The van der Waals surface area contributed by atoms with Crippen LogP contribution in [-0.4, -0.2) is 22.0 Å². The third-order valence-electron chi connectivity index (χ3n) is 3.30. The van der Waals surface area contributed by atoms with Crippen molar-refractivity contribution in [1.82, 2.24) is 14.9 Å². The molecule has 1 N–H and O–H groups in total. The number of carbonyl (C=O) groups is 1. The second-order valence-electron chi connectivity index (χ2n) is 5.19. The molecular formula is C15H16Cl2FN3O. The molecule has 0 bridgehead atoms. The number of benzene rings is 1. The van der Waals surface area contributed by atoms with Gasteiger partial charge in [0.05, 0.1) is 15.6 Å². The number of nitrogens with one attached hydrogen (secondary N) is 1. The molecular weight excluding hydrogens is 328 g/mol. The fourth-order valence-corrected chi connectivity index (χ4v) is 2.52. The van der Waals surface area contributed by atoms with Crippen molar-refractivity contribution in [2.75, 3.05) is 6.54 Å². The smallest absolute Gasteiger partial charge is 0.252 e. The Morgan fingerprint density at radius 2 is 2.14 bits per heavy atom. The number of carbonyl (C=O) groups excluding carboxylic acids is 1. The largest absolute Gasteiger partial charge is 0.352 e. The van der Waals surface area contributed by atoms with E-state index in [4.69, 9.17) is 23.2 Å². The third-order valence-corrected chi connectivity index (χ3v) is 3.90. The monoisotopic (exact) mass is 343 g/mol. The van der Waals surface area contributed by atoms with Crippen molar-refractivity contribution in [3.8, 4) is 0 Å². The van der Waals surface area contributed by atoms with E-state index in [0.29, 0.717) is 6.54 Å². The lowest BCUT2D eigenvalue weighted by Crippen LogP contribution is -2.30. The Morgan fingerprint density at radius 1 is 1.41 bits per heavy atom. The van der Waals surface area contributed by atoms with Crippen molar-refractivity contribution in [2.24, 2.45) is 5.92 Å². The van der Waals surface area contributed by atoms with E-state index in [1.54, 1.807) is 6.20 Å². The molecule has 1 aromatic heterocycles. The van der Waals surface area contributed by atoms with Crippen LogP contribution in [0.4, 0.5) is 4.39 Å². The topological polar surface area (TPSA) is 46.9 Å². The van der Waals surface area contributed by atoms with Crippen molar-refractivity contribution < 1.29 is 9.18 Å². The zero-order valence-electron chi connectivity index (χ0n) is 12.2. The first-order valence-corrected chi connectivity index (χ1v) is 7.54. The summed E-state index contributed by atoms with van der Waals surface area (Å²) in [5, 5.41) is 2.77. The van der Waals surface area contributed by atoms with E-state index in [9.17, 15) is 9.18 Å². The van der Waals surface area contributed by atoms with Gasteiger partial charge in [0, 0.05) is 25.5 Å². The van der Waals surface area contributed by atoms with Gasteiger partial charge < -0.3 is 9.88 Å². The zero-order valence-corrected chi connectivity index (χ0v) is 13.7. The summed E-state index contributed by atoms with van der Waals surface area (Å²) in [5.41, 5.74) is 0.0783. The molecule has 1 atom stereocenters. The summed E-state index contributed by atoms with van der Waals surface area (Å²) >= 11 is 11.5. The Morgan fingerprint density at radius 3 is 2.77 bits per heavy atom. The Kier molecular flexibility index (Phi) is 5.42. The van der Waals surface area contributed by atoms with Gasteiger partial charge in [-0.1, -0.05) is 30.1 Å². The minimum Gasteiger partial charge on any atom is -0.352 e. The maximum Gasteiger partial charge on any atom is 0.252 e. The molecule has 0 aliphatic carbocycles. The van der Waals surface area contributed by atoms with Gasteiger partial charge >= 0.3 is 0 Å². The molecule has 2 rings (SSSR count). The molecule has 1 heterocycles. The normalized spacial score (nSPS) is 12.2. The molecule has 4 nitrogen and oxygen atoms in total. The maximum absolute atomic E-state index is 13.4. The first-order chi connectivity index (χ1) is 10.4. The second-order valence-corrected chi connectivity index (χ2v) is 6.00. The number of amides is 1. The van der Waals surface area contributed by atoms with E-state index in [-0.39, 0.29) is 21.5 Å². The van der Waals surface area contributed by atoms with E-state index in [1.807, 2.05) is 24.6 Å². The first kappa shape index (κ1) is 16.8. The predicted octanol–water partition coefficient (Wildman–Crippen LogP) is 3.70. The molecule has 7 heteroatoms. The predicted molar refractivity (Wildman–Crippen MR) is 84.9 cm³/mol. The third kappa shape index (κ3) is 3.99. The van der Waals surface area contributed by atoms with Crippen molar-refractivity contribution in [2.45, 2.75) is 20.4 Å². The van der Waals surface area contributed by atoms with Crippen LogP contribution in [0, 0.1) is 18.7 Å². The van der Waals surface area contributed by atoms with Crippen molar-refractivity contribution in [1.29, 1.82) is 0 Å². The highest BCUT2D eigenvalue weighted by Crippen LogP contribution is 2.24. The van der Waals surface area contributed by atoms with Gasteiger partial charge in [0.15, 0.2) is 0 Å². The van der Waals surface area contributed by atoms with Gasteiger partial charge in [-0.05, 0) is 25.0 Å². The first-order valence-electron chi connectivity index (χ1n) is 6.79. The Labute approximate surface area is 138 Å². The lowest BCUT2D eigenvalue weighted by Gasteiger charge is -2.15. The van der Waals surface area contributed by atoms with Crippen LogP contribution < -0.4 is 5.32 Å². The molecule has 0 aliphatic heterocycles. The van der Waals surface area contributed by atoms with Gasteiger partial charge in [0.25, 0.3) is 5.91 Å². The molecule has 1 amide bonds. The van der Waals surface area contributed by atoms with Crippen molar-refractivity contribution in [3.05, 3.63) is 51.8 Å². The second kappa shape index (κ2) is 7.11. The van der Waals surface area contributed by atoms with Crippen LogP contribution in [0.25, 0.3) is 0 Å². The summed E-state index contributed by atoms with van der Waals surface area (Å²) in [6.07, 6.45) is 3.62. The molecule has 0 saturated carbocycles. The van der Waals surface area contributed by atoms with Crippen LogP contribution in [0.5, 0.6) is 0 Å². The number of nitrogens with zero attached hydrogens (tertiary/aromatic N) is 2. The van der Waals surface area contributed by atoms with E-state index < -0.39 is 11.7 Å². The molecule has 1 unspecified atom stereocenters. The van der Waals surface area contributed by atoms with Crippen LogP contribution in [-0.2, 0) is 6.54 Å². The molecule has 22 heavy (non-hydrogen) atoms. The van der Waals surface area contributed by atoms with Crippen LogP contribution >= 0.6 is 23.2 Å². The molecule has 0 aliphatic rings. The fraction of sp³-hybridized carbons (Fsp3) is 0.333. The summed E-state index contributed by atoms with van der Waals surface area (Å²) in [6.45, 7) is 5.09. The molecule has 0 spiro atoms. The average molecular weight is 344 g/mol. The highest BCUT2D eigenvalue weighted by Gasteiger charge is 2.15. The van der Waals surface area contributed by atoms with Crippen LogP contribution in [0.1, 0.15) is 23.1 Å². The lowest BCUT2D eigenvalue weighted by atomic mass is 10.1. The molecule has 0 saturated heterocycles. The van der Waals surface area contributed by atoms with Gasteiger partial charge in [-0.2, -0.15) is 0 Å². The number of aryl methyl sites for hydroxylation is 1. The summed E-state index contributed by atoms with van der Waals surface area (Å²) in [7, 11) is 0. The maximum atomic E-state index is 13.4. The number of halogens is 3. The summed E-state index contributed by atoms with van der Waals surface area (Å²) in [4.78, 5) is 16.2. The SMILES string of the molecule is Cc1nccn1CC(C)CNC(=O)c1cc(F)c(Cl)cc1Cl. The quantitative estimate of drug-likeness (QED) is 0.841. The number of hydrogen-bond donors (Lipinski definition) is 1. The lowest BCUT2D eigenvalue weighted by molar-refractivity contribution is 0.0946. The zero-order chi connectivity index (χ0) is 16.3. The van der Waals surface area contributed by atoms with Crippen LogP contribution in [0.2, 0.25) is 10.0 Å². The van der Waals surface area contributed by atoms with E-state index >= 15 is 0 Å². The van der Waals surface area contributed by atoms with E-state index in [0.717, 1.165) is 18.4 Å². The van der Waals surface area contributed by atoms with E-state index in [1.165, 1.54) is 6.07 Å². The van der Waals surface area contributed by atoms with Gasteiger partial charge in [0.2, 0.25) is 0 Å². The molecule has 1 aromatic carbocycles. The van der Waals surface area contributed by atoms with Gasteiger partial charge in [-0.3, -0.25) is 4.79 Å². The summed E-state index contributed by atoms with van der Waals surface area (Å²) in [6, 6.07) is 2.27. The number of hydrogen-bond acceptors (Lipinski definition) is 2. The minimum atomic E-state index is -0.668. The molecule has 0 fully saturated rings. The van der Waals surface area contributed by atoms with Gasteiger partial charge in [0.1, 0.15) is 11.6 Å². The summed E-state index contributed by atoms with van der Waals surface area (Å²) in [5.74, 6) is 0.0156. The van der Waals surface area contributed by atoms with E-state index in [2.05, 4.69) is 10.3 Å². The number of imidazole rings is 1. The molecule has 2 aromatic rings. The van der Waals surface area contributed by atoms with Crippen molar-refractivity contribution in [3.63, 3.8) is 0 Å². The van der Waals surface area contributed by atoms with Crippen LogP contribution in [0.3, 0.4) is 0 Å².